The van der Waals surface area contributed by atoms with Gasteiger partial charge in [0, 0.05) is 46.3 Å². The SMILES string of the molecule is CN1CCN(CCNc2c(N)n(C)c(=O)[nH]c2=O)CC1. The van der Waals surface area contributed by atoms with Crippen molar-refractivity contribution in [1.82, 2.24) is 19.4 Å². The molecule has 0 aromatic carbocycles. The molecule has 1 fully saturated rings. The van der Waals surface area contributed by atoms with E-state index in [9.17, 15) is 9.59 Å². The Morgan fingerprint density at radius 1 is 1.20 bits per heavy atom. The fourth-order valence-electron chi connectivity index (χ4n) is 2.22. The van der Waals surface area contributed by atoms with Gasteiger partial charge in [-0.2, -0.15) is 0 Å². The van der Waals surface area contributed by atoms with E-state index in [0.29, 0.717) is 6.54 Å². The van der Waals surface area contributed by atoms with Crippen molar-refractivity contribution in [1.29, 1.82) is 0 Å². The zero-order valence-electron chi connectivity index (χ0n) is 12.0. The Bertz CT molecular complexity index is 570. The van der Waals surface area contributed by atoms with Crippen molar-refractivity contribution in [2.24, 2.45) is 7.05 Å². The number of nitrogens with two attached hydrogens (primary N) is 1. The molecule has 8 heteroatoms. The quantitative estimate of drug-likeness (QED) is 0.610. The number of nitrogens with zero attached hydrogens (tertiary/aromatic N) is 3. The summed E-state index contributed by atoms with van der Waals surface area (Å²) in [6, 6.07) is 0. The van der Waals surface area contributed by atoms with Crippen LogP contribution < -0.4 is 22.3 Å². The number of hydrogen-bond donors (Lipinski definition) is 3. The summed E-state index contributed by atoms with van der Waals surface area (Å²) in [5, 5.41) is 3.02. The molecular formula is C12H22N6O2. The first kappa shape index (κ1) is 14.6. The zero-order valence-corrected chi connectivity index (χ0v) is 12.0. The molecule has 2 heterocycles. The molecule has 1 saturated heterocycles. The molecule has 0 atom stereocenters. The third-order valence-corrected chi connectivity index (χ3v) is 3.70. The monoisotopic (exact) mass is 282 g/mol. The van der Waals surface area contributed by atoms with Gasteiger partial charge in [-0.15, -0.1) is 0 Å². The van der Waals surface area contributed by atoms with Crippen LogP contribution in [0.5, 0.6) is 0 Å². The van der Waals surface area contributed by atoms with E-state index in [-0.39, 0.29) is 11.5 Å². The van der Waals surface area contributed by atoms with Gasteiger partial charge in [0.2, 0.25) is 0 Å². The van der Waals surface area contributed by atoms with Gasteiger partial charge < -0.3 is 16.0 Å². The minimum absolute atomic E-state index is 0.164. The number of nitrogen functional groups attached to an aromatic ring is 1. The normalized spacial score (nSPS) is 17.3. The van der Waals surface area contributed by atoms with Gasteiger partial charge in [-0.1, -0.05) is 0 Å². The number of likely N-dealkylation sites (N-methyl/N-ethyl adjacent to an activating group) is 1. The maximum atomic E-state index is 11.7. The molecule has 1 aliphatic heterocycles. The van der Waals surface area contributed by atoms with Crippen molar-refractivity contribution in [3.63, 3.8) is 0 Å². The molecular weight excluding hydrogens is 260 g/mol. The third-order valence-electron chi connectivity index (χ3n) is 3.70. The topological polar surface area (TPSA) is 99.4 Å². The van der Waals surface area contributed by atoms with Crippen LogP contribution in [-0.4, -0.2) is 65.7 Å². The fraction of sp³-hybridized carbons (Fsp3) is 0.667. The van der Waals surface area contributed by atoms with Crippen molar-refractivity contribution in [3.8, 4) is 0 Å². The van der Waals surface area contributed by atoms with Crippen molar-refractivity contribution in [2.45, 2.75) is 0 Å². The van der Waals surface area contributed by atoms with Crippen LogP contribution in [0.1, 0.15) is 0 Å². The van der Waals surface area contributed by atoms with Gasteiger partial charge in [-0.25, -0.2) is 4.79 Å². The average Bonchev–Trinajstić information content (AvgIpc) is 2.42. The first-order valence-corrected chi connectivity index (χ1v) is 6.72. The van der Waals surface area contributed by atoms with Gasteiger partial charge in [-0.3, -0.25) is 19.2 Å². The Labute approximate surface area is 117 Å². The Hall–Kier alpha value is -1.80. The number of hydrogen-bond acceptors (Lipinski definition) is 6. The predicted molar refractivity (Wildman–Crippen MR) is 79.1 cm³/mol. The Kier molecular flexibility index (Phi) is 4.46. The standard InChI is InChI=1S/C12H22N6O2/c1-16-5-7-18(8-6-16)4-3-14-9-10(13)17(2)12(20)15-11(9)19/h14H,3-8,13H2,1-2H3,(H,15,19,20). The van der Waals surface area contributed by atoms with Crippen LogP contribution in [0, 0.1) is 0 Å². The molecule has 0 amide bonds. The van der Waals surface area contributed by atoms with Crippen molar-refractivity contribution in [2.75, 3.05) is 57.4 Å². The van der Waals surface area contributed by atoms with E-state index in [1.54, 1.807) is 0 Å². The van der Waals surface area contributed by atoms with E-state index in [4.69, 9.17) is 5.73 Å². The largest absolute Gasteiger partial charge is 0.383 e. The second-order valence-electron chi connectivity index (χ2n) is 5.15. The van der Waals surface area contributed by atoms with E-state index in [0.717, 1.165) is 32.7 Å². The van der Waals surface area contributed by atoms with Crippen LogP contribution >= 0.6 is 0 Å². The minimum atomic E-state index is -0.503. The van der Waals surface area contributed by atoms with Crippen molar-refractivity contribution < 1.29 is 0 Å². The van der Waals surface area contributed by atoms with Gasteiger partial charge in [0.15, 0.2) is 0 Å². The van der Waals surface area contributed by atoms with Crippen molar-refractivity contribution >= 4 is 11.5 Å². The number of aromatic amines is 1. The maximum Gasteiger partial charge on any atom is 0.329 e. The van der Waals surface area contributed by atoms with Crippen LogP contribution in [-0.2, 0) is 7.05 Å². The summed E-state index contributed by atoms with van der Waals surface area (Å²) >= 11 is 0. The number of H-pyrrole nitrogens is 1. The first-order valence-electron chi connectivity index (χ1n) is 6.72. The second-order valence-corrected chi connectivity index (χ2v) is 5.15. The van der Waals surface area contributed by atoms with Gasteiger partial charge >= 0.3 is 5.69 Å². The number of aromatic nitrogens is 2. The summed E-state index contributed by atoms with van der Waals surface area (Å²) in [7, 11) is 3.64. The summed E-state index contributed by atoms with van der Waals surface area (Å²) in [5.41, 5.74) is 5.08. The molecule has 0 saturated carbocycles. The van der Waals surface area contributed by atoms with Crippen LogP contribution in [0.4, 0.5) is 11.5 Å². The summed E-state index contributed by atoms with van der Waals surface area (Å²) in [6.45, 7) is 5.63. The predicted octanol–water partition coefficient (Wildman–Crippen LogP) is -1.68. The first-order chi connectivity index (χ1) is 9.49. The lowest BCUT2D eigenvalue weighted by Gasteiger charge is -2.32. The average molecular weight is 282 g/mol. The van der Waals surface area contributed by atoms with E-state index >= 15 is 0 Å². The third kappa shape index (κ3) is 3.20. The molecule has 0 bridgehead atoms. The number of anilines is 2. The molecule has 8 nitrogen and oxygen atoms in total. The molecule has 0 spiro atoms. The highest BCUT2D eigenvalue weighted by Crippen LogP contribution is 2.08. The van der Waals surface area contributed by atoms with Crippen LogP contribution in [0.15, 0.2) is 9.59 Å². The maximum absolute atomic E-state index is 11.7. The van der Waals surface area contributed by atoms with Crippen LogP contribution in [0.3, 0.4) is 0 Å². The number of rotatable bonds is 4. The highest BCUT2D eigenvalue weighted by atomic mass is 16.2. The summed E-state index contributed by atoms with van der Waals surface area (Å²) in [6.07, 6.45) is 0. The Balaban J connectivity index is 1.93. The second kappa shape index (κ2) is 6.10. The van der Waals surface area contributed by atoms with Gasteiger partial charge in [0.25, 0.3) is 5.56 Å². The number of nitrogens with one attached hydrogen (secondary N) is 2. The van der Waals surface area contributed by atoms with E-state index in [1.165, 1.54) is 11.6 Å². The lowest BCUT2D eigenvalue weighted by molar-refractivity contribution is 0.158. The Morgan fingerprint density at radius 2 is 1.85 bits per heavy atom. The summed E-state index contributed by atoms with van der Waals surface area (Å²) in [5.74, 6) is 0.164. The lowest BCUT2D eigenvalue weighted by atomic mass is 10.3. The van der Waals surface area contributed by atoms with Crippen LogP contribution in [0.2, 0.25) is 0 Å². The smallest absolute Gasteiger partial charge is 0.329 e. The number of piperazine rings is 1. The Morgan fingerprint density at radius 3 is 2.50 bits per heavy atom. The molecule has 2 rings (SSSR count). The van der Waals surface area contributed by atoms with E-state index in [1.807, 2.05) is 0 Å². The molecule has 20 heavy (non-hydrogen) atoms. The highest BCUT2D eigenvalue weighted by Gasteiger charge is 2.14. The van der Waals surface area contributed by atoms with Gasteiger partial charge in [-0.05, 0) is 7.05 Å². The minimum Gasteiger partial charge on any atom is -0.383 e. The molecule has 0 aliphatic carbocycles. The van der Waals surface area contributed by atoms with E-state index < -0.39 is 11.2 Å². The molecule has 0 unspecified atom stereocenters. The van der Waals surface area contributed by atoms with Gasteiger partial charge in [0.05, 0.1) is 0 Å². The van der Waals surface area contributed by atoms with Gasteiger partial charge in [0.1, 0.15) is 11.5 Å². The molecule has 1 aliphatic rings. The van der Waals surface area contributed by atoms with E-state index in [2.05, 4.69) is 27.1 Å². The molecule has 0 radical (unpaired) electrons. The summed E-state index contributed by atoms with van der Waals surface area (Å²) in [4.78, 5) is 29.9. The zero-order chi connectivity index (χ0) is 14.7. The molecule has 4 N–H and O–H groups in total. The molecule has 112 valence electrons. The molecule has 1 aromatic rings. The molecule has 1 aromatic heterocycles. The van der Waals surface area contributed by atoms with Crippen molar-refractivity contribution in [3.05, 3.63) is 20.8 Å². The summed E-state index contributed by atoms with van der Waals surface area (Å²) < 4.78 is 1.22. The fourth-order valence-corrected chi connectivity index (χ4v) is 2.22. The van der Waals surface area contributed by atoms with Crippen LogP contribution in [0.25, 0.3) is 0 Å². The highest BCUT2D eigenvalue weighted by molar-refractivity contribution is 5.60. The lowest BCUT2D eigenvalue weighted by Crippen LogP contribution is -2.46.